The predicted octanol–water partition coefficient (Wildman–Crippen LogP) is 2.20. The fourth-order valence-electron chi connectivity index (χ4n) is 1.84. The summed E-state index contributed by atoms with van der Waals surface area (Å²) in [5.74, 6) is 0.759. The Morgan fingerprint density at radius 2 is 2.15 bits per heavy atom. The first kappa shape index (κ1) is 14.5. The Hall–Kier alpha value is -1.88. The van der Waals surface area contributed by atoms with Crippen LogP contribution in [0.5, 0.6) is 5.88 Å². The average Bonchev–Trinajstić information content (AvgIpc) is 2.73. The predicted molar refractivity (Wildman–Crippen MR) is 78.5 cm³/mol. The van der Waals surface area contributed by atoms with E-state index in [-0.39, 0.29) is 0 Å². The molecule has 0 aliphatic rings. The molecule has 0 saturated heterocycles. The molecular formula is C15H22N4O. The van der Waals surface area contributed by atoms with E-state index in [9.17, 15) is 0 Å². The van der Waals surface area contributed by atoms with Crippen LogP contribution in [0, 0.1) is 6.92 Å². The lowest BCUT2D eigenvalue weighted by molar-refractivity contribution is 0.274. The van der Waals surface area contributed by atoms with Gasteiger partial charge in [-0.15, -0.1) is 0 Å². The summed E-state index contributed by atoms with van der Waals surface area (Å²) in [6.07, 6.45) is 1.89. The van der Waals surface area contributed by atoms with Crippen LogP contribution in [-0.4, -0.2) is 20.8 Å². The van der Waals surface area contributed by atoms with Gasteiger partial charge in [0.05, 0.1) is 11.4 Å². The zero-order valence-corrected chi connectivity index (χ0v) is 12.6. The van der Waals surface area contributed by atoms with Crippen LogP contribution in [0.25, 0.3) is 0 Å². The second kappa shape index (κ2) is 6.52. The molecule has 0 fully saturated rings. The van der Waals surface area contributed by atoms with Gasteiger partial charge >= 0.3 is 0 Å². The van der Waals surface area contributed by atoms with E-state index in [0.29, 0.717) is 12.6 Å². The van der Waals surface area contributed by atoms with Crippen molar-refractivity contribution in [2.24, 2.45) is 7.05 Å². The molecule has 0 aromatic carbocycles. The Labute approximate surface area is 120 Å². The molecule has 2 rings (SSSR count). The summed E-state index contributed by atoms with van der Waals surface area (Å²) < 4.78 is 7.44. The highest BCUT2D eigenvalue weighted by Gasteiger charge is 2.04. The second-order valence-corrected chi connectivity index (χ2v) is 5.23. The summed E-state index contributed by atoms with van der Waals surface area (Å²) >= 11 is 0. The first-order valence-electron chi connectivity index (χ1n) is 6.85. The van der Waals surface area contributed by atoms with Crippen LogP contribution in [-0.2, 0) is 20.2 Å². The van der Waals surface area contributed by atoms with Crippen LogP contribution in [0.2, 0.25) is 0 Å². The maximum atomic E-state index is 5.70. The van der Waals surface area contributed by atoms with Crippen molar-refractivity contribution in [3.63, 3.8) is 0 Å². The van der Waals surface area contributed by atoms with E-state index in [4.69, 9.17) is 4.74 Å². The molecule has 2 aromatic heterocycles. The Balaban J connectivity index is 1.89. The van der Waals surface area contributed by atoms with Crippen molar-refractivity contribution >= 4 is 0 Å². The summed E-state index contributed by atoms with van der Waals surface area (Å²) in [6, 6.07) is 6.47. The summed E-state index contributed by atoms with van der Waals surface area (Å²) in [7, 11) is 1.87. The van der Waals surface area contributed by atoms with Crippen molar-refractivity contribution in [1.82, 2.24) is 20.1 Å². The fraction of sp³-hybridized carbons (Fsp3) is 0.467. The summed E-state index contributed by atoms with van der Waals surface area (Å²) in [4.78, 5) is 4.41. The molecule has 0 unspecified atom stereocenters. The number of ether oxygens (including phenoxy) is 1. The van der Waals surface area contributed by atoms with Crippen molar-refractivity contribution in [3.05, 3.63) is 41.3 Å². The molecule has 5 nitrogen and oxygen atoms in total. The molecular weight excluding hydrogens is 252 g/mol. The first-order chi connectivity index (χ1) is 9.54. The number of hydrogen-bond donors (Lipinski definition) is 1. The van der Waals surface area contributed by atoms with E-state index in [1.54, 1.807) is 4.68 Å². The number of aryl methyl sites for hydroxylation is 2. The highest BCUT2D eigenvalue weighted by molar-refractivity contribution is 5.17. The lowest BCUT2D eigenvalue weighted by atomic mass is 10.2. The second-order valence-electron chi connectivity index (χ2n) is 5.23. The number of nitrogens with zero attached hydrogens (tertiary/aromatic N) is 3. The Kier molecular flexibility index (Phi) is 4.74. The minimum atomic E-state index is 0.455. The average molecular weight is 274 g/mol. The smallest absolute Gasteiger partial charge is 0.212 e. The molecule has 0 spiro atoms. The third-order valence-electron chi connectivity index (χ3n) is 2.93. The number of hydrogen-bond acceptors (Lipinski definition) is 4. The molecule has 1 N–H and O–H groups in total. The number of nitrogens with one attached hydrogen (secondary N) is 1. The van der Waals surface area contributed by atoms with Crippen LogP contribution < -0.4 is 10.1 Å². The van der Waals surface area contributed by atoms with E-state index in [1.807, 2.05) is 32.3 Å². The SMILES string of the molecule is Cc1cc(OCc2ccc(CNC(C)C)cn2)n(C)n1. The summed E-state index contributed by atoms with van der Waals surface area (Å²) in [5, 5.41) is 7.61. The van der Waals surface area contributed by atoms with Gasteiger partial charge in [0.1, 0.15) is 6.61 Å². The molecule has 0 bridgehead atoms. The molecule has 20 heavy (non-hydrogen) atoms. The number of rotatable bonds is 6. The van der Waals surface area contributed by atoms with Gasteiger partial charge in [-0.2, -0.15) is 5.10 Å². The molecule has 5 heteroatoms. The molecule has 0 aliphatic carbocycles. The number of pyridine rings is 1. The molecule has 0 atom stereocenters. The van der Waals surface area contributed by atoms with E-state index in [2.05, 4.69) is 35.3 Å². The van der Waals surface area contributed by atoms with Gasteiger partial charge in [-0.25, -0.2) is 4.68 Å². The largest absolute Gasteiger partial charge is 0.471 e. The third kappa shape index (κ3) is 4.06. The van der Waals surface area contributed by atoms with Gasteiger partial charge in [0.25, 0.3) is 0 Å². The minimum absolute atomic E-state index is 0.455. The molecule has 0 saturated carbocycles. The summed E-state index contributed by atoms with van der Waals surface area (Å²) in [6.45, 7) is 7.50. The van der Waals surface area contributed by atoms with Gasteiger partial charge in [-0.05, 0) is 18.6 Å². The fourth-order valence-corrected chi connectivity index (χ4v) is 1.84. The van der Waals surface area contributed by atoms with Gasteiger partial charge in [-0.3, -0.25) is 4.98 Å². The third-order valence-corrected chi connectivity index (χ3v) is 2.93. The lowest BCUT2D eigenvalue weighted by Gasteiger charge is -2.09. The molecule has 2 aromatic rings. The van der Waals surface area contributed by atoms with E-state index < -0.39 is 0 Å². The number of aromatic nitrogens is 3. The van der Waals surface area contributed by atoms with Gasteiger partial charge in [0, 0.05) is 31.9 Å². The van der Waals surface area contributed by atoms with E-state index in [0.717, 1.165) is 23.8 Å². The zero-order chi connectivity index (χ0) is 14.5. The van der Waals surface area contributed by atoms with Crippen LogP contribution in [0.15, 0.2) is 24.4 Å². The molecule has 108 valence electrons. The first-order valence-corrected chi connectivity index (χ1v) is 6.85. The van der Waals surface area contributed by atoms with Crippen molar-refractivity contribution in [3.8, 4) is 5.88 Å². The normalized spacial score (nSPS) is 11.1. The maximum absolute atomic E-state index is 5.70. The van der Waals surface area contributed by atoms with Crippen molar-refractivity contribution < 1.29 is 4.74 Å². The standard InChI is InChI=1S/C15H22N4O/c1-11(2)16-8-13-5-6-14(17-9-13)10-20-15-7-12(3)18-19(15)4/h5-7,9,11,16H,8,10H2,1-4H3. The highest BCUT2D eigenvalue weighted by atomic mass is 16.5. The Morgan fingerprint density at radius 1 is 1.35 bits per heavy atom. The van der Waals surface area contributed by atoms with Gasteiger partial charge in [0.2, 0.25) is 5.88 Å². The van der Waals surface area contributed by atoms with Gasteiger partial charge in [-0.1, -0.05) is 19.9 Å². The lowest BCUT2D eigenvalue weighted by Crippen LogP contribution is -2.21. The zero-order valence-electron chi connectivity index (χ0n) is 12.6. The Morgan fingerprint density at radius 3 is 2.70 bits per heavy atom. The quantitative estimate of drug-likeness (QED) is 0.877. The van der Waals surface area contributed by atoms with Crippen LogP contribution in [0.3, 0.4) is 0 Å². The summed E-state index contributed by atoms with van der Waals surface area (Å²) in [5.41, 5.74) is 3.04. The maximum Gasteiger partial charge on any atom is 0.212 e. The van der Waals surface area contributed by atoms with Crippen LogP contribution in [0.4, 0.5) is 0 Å². The molecule has 2 heterocycles. The minimum Gasteiger partial charge on any atom is -0.471 e. The van der Waals surface area contributed by atoms with Crippen LogP contribution in [0.1, 0.15) is 30.8 Å². The highest BCUT2D eigenvalue weighted by Crippen LogP contribution is 2.12. The van der Waals surface area contributed by atoms with Gasteiger partial charge < -0.3 is 10.1 Å². The van der Waals surface area contributed by atoms with Crippen molar-refractivity contribution in [2.75, 3.05) is 0 Å². The van der Waals surface area contributed by atoms with E-state index in [1.165, 1.54) is 5.56 Å². The molecule has 0 amide bonds. The monoisotopic (exact) mass is 274 g/mol. The van der Waals surface area contributed by atoms with E-state index >= 15 is 0 Å². The van der Waals surface area contributed by atoms with Crippen LogP contribution >= 0.6 is 0 Å². The molecule has 0 aliphatic heterocycles. The van der Waals surface area contributed by atoms with Gasteiger partial charge in [0.15, 0.2) is 0 Å². The van der Waals surface area contributed by atoms with Crippen molar-refractivity contribution in [2.45, 2.75) is 40.0 Å². The Bertz CT molecular complexity index is 546. The molecule has 0 radical (unpaired) electrons. The topological polar surface area (TPSA) is 52.0 Å². The van der Waals surface area contributed by atoms with Crippen molar-refractivity contribution in [1.29, 1.82) is 0 Å².